The average molecular weight is 226 g/mol. The van der Waals surface area contributed by atoms with Gasteiger partial charge in [0, 0.05) is 19.4 Å². The fraction of sp³-hybridized carbons (Fsp3) is 0.636. The molecule has 1 heterocycles. The van der Waals surface area contributed by atoms with Crippen LogP contribution in [0.3, 0.4) is 0 Å². The fourth-order valence-corrected chi connectivity index (χ4v) is 1.28. The van der Waals surface area contributed by atoms with Gasteiger partial charge in [0.1, 0.15) is 11.6 Å². The van der Waals surface area contributed by atoms with Gasteiger partial charge in [-0.05, 0) is 27.7 Å². The second-order valence-corrected chi connectivity index (χ2v) is 4.81. The number of aromatic nitrogens is 2. The van der Waals surface area contributed by atoms with Crippen LogP contribution in [0.2, 0.25) is 0 Å². The van der Waals surface area contributed by atoms with Gasteiger partial charge in [0.05, 0.1) is 0 Å². The summed E-state index contributed by atoms with van der Waals surface area (Å²) in [4.78, 5) is 23.3. The molecule has 0 aliphatic carbocycles. The Morgan fingerprint density at radius 2 is 1.94 bits per heavy atom. The summed E-state index contributed by atoms with van der Waals surface area (Å²) in [5.41, 5.74) is -0.762. The van der Waals surface area contributed by atoms with Crippen molar-refractivity contribution in [3.8, 4) is 0 Å². The van der Waals surface area contributed by atoms with Gasteiger partial charge in [-0.15, -0.1) is 0 Å². The number of esters is 1. The standard InChI is InChI=1S/C11H18N2O3/c1-8(9(14)16-11(2,3)4)13-7-6-12(5)10(13)15/h6-8H,1-5H3. The summed E-state index contributed by atoms with van der Waals surface area (Å²) >= 11 is 0. The summed E-state index contributed by atoms with van der Waals surface area (Å²) in [5.74, 6) is -0.402. The number of carbonyl (C=O) groups is 1. The second kappa shape index (κ2) is 4.15. The van der Waals surface area contributed by atoms with E-state index in [-0.39, 0.29) is 5.69 Å². The largest absolute Gasteiger partial charge is 0.458 e. The van der Waals surface area contributed by atoms with Crippen LogP contribution in [-0.2, 0) is 16.6 Å². The molecule has 1 atom stereocenters. The summed E-state index contributed by atoms with van der Waals surface area (Å²) < 4.78 is 7.98. The Hall–Kier alpha value is -1.52. The Bertz CT molecular complexity index is 437. The molecule has 0 aromatic carbocycles. The van der Waals surface area contributed by atoms with Crippen molar-refractivity contribution < 1.29 is 9.53 Å². The van der Waals surface area contributed by atoms with Gasteiger partial charge in [0.15, 0.2) is 0 Å². The summed E-state index contributed by atoms with van der Waals surface area (Å²) in [6, 6.07) is -0.604. The molecule has 5 nitrogen and oxygen atoms in total. The number of ether oxygens (including phenoxy) is 1. The van der Waals surface area contributed by atoms with Crippen molar-refractivity contribution in [1.29, 1.82) is 0 Å². The minimum absolute atomic E-state index is 0.224. The van der Waals surface area contributed by atoms with Crippen molar-refractivity contribution in [3.05, 3.63) is 22.9 Å². The monoisotopic (exact) mass is 226 g/mol. The Kier molecular flexibility index (Phi) is 3.26. The first-order valence-corrected chi connectivity index (χ1v) is 5.18. The summed E-state index contributed by atoms with van der Waals surface area (Å²) in [6.07, 6.45) is 3.19. The van der Waals surface area contributed by atoms with Gasteiger partial charge in [-0.3, -0.25) is 4.57 Å². The van der Waals surface area contributed by atoms with Crippen molar-refractivity contribution in [2.75, 3.05) is 0 Å². The number of imidazole rings is 1. The maximum Gasteiger partial charge on any atom is 0.329 e. The van der Waals surface area contributed by atoms with Crippen LogP contribution >= 0.6 is 0 Å². The third kappa shape index (κ3) is 2.74. The number of carbonyl (C=O) groups excluding carboxylic acids is 1. The normalized spacial score (nSPS) is 13.6. The fourth-order valence-electron chi connectivity index (χ4n) is 1.28. The lowest BCUT2D eigenvalue weighted by Gasteiger charge is -2.22. The highest BCUT2D eigenvalue weighted by atomic mass is 16.6. The van der Waals surface area contributed by atoms with Crippen LogP contribution in [0.5, 0.6) is 0 Å². The Morgan fingerprint density at radius 1 is 1.38 bits per heavy atom. The molecule has 90 valence electrons. The van der Waals surface area contributed by atoms with Crippen LogP contribution in [-0.4, -0.2) is 20.7 Å². The zero-order chi connectivity index (χ0) is 12.5. The van der Waals surface area contributed by atoms with Crippen molar-refractivity contribution >= 4 is 5.97 Å². The number of hydrogen-bond acceptors (Lipinski definition) is 3. The first-order valence-electron chi connectivity index (χ1n) is 5.18. The Labute approximate surface area is 94.6 Å². The van der Waals surface area contributed by atoms with E-state index in [2.05, 4.69) is 0 Å². The first kappa shape index (κ1) is 12.5. The molecule has 16 heavy (non-hydrogen) atoms. The highest BCUT2D eigenvalue weighted by Gasteiger charge is 2.23. The van der Waals surface area contributed by atoms with E-state index in [4.69, 9.17) is 4.74 Å². The molecule has 0 N–H and O–H groups in total. The van der Waals surface area contributed by atoms with E-state index in [1.165, 1.54) is 9.13 Å². The molecule has 5 heteroatoms. The van der Waals surface area contributed by atoms with E-state index >= 15 is 0 Å². The first-order chi connectivity index (χ1) is 7.22. The van der Waals surface area contributed by atoms with Gasteiger partial charge in [-0.2, -0.15) is 0 Å². The van der Waals surface area contributed by atoms with E-state index in [1.807, 2.05) is 0 Å². The van der Waals surface area contributed by atoms with Gasteiger partial charge in [-0.25, -0.2) is 9.59 Å². The zero-order valence-electron chi connectivity index (χ0n) is 10.4. The van der Waals surface area contributed by atoms with E-state index in [0.717, 1.165) is 0 Å². The van der Waals surface area contributed by atoms with Gasteiger partial charge >= 0.3 is 11.7 Å². The average Bonchev–Trinajstić information content (AvgIpc) is 2.44. The minimum atomic E-state index is -0.604. The van der Waals surface area contributed by atoms with Crippen LogP contribution < -0.4 is 5.69 Å². The molecule has 0 aliphatic rings. The van der Waals surface area contributed by atoms with Crippen LogP contribution in [0.4, 0.5) is 0 Å². The third-order valence-corrected chi connectivity index (χ3v) is 2.14. The maximum atomic E-state index is 11.7. The van der Waals surface area contributed by atoms with Crippen LogP contribution in [0.25, 0.3) is 0 Å². The zero-order valence-corrected chi connectivity index (χ0v) is 10.4. The van der Waals surface area contributed by atoms with Gasteiger partial charge in [-0.1, -0.05) is 0 Å². The SMILES string of the molecule is CC(C(=O)OC(C)(C)C)n1ccn(C)c1=O. The molecular formula is C11H18N2O3. The van der Waals surface area contributed by atoms with E-state index in [1.54, 1.807) is 47.1 Å². The molecule has 0 aliphatic heterocycles. The van der Waals surface area contributed by atoms with Crippen LogP contribution in [0.15, 0.2) is 17.2 Å². The lowest BCUT2D eigenvalue weighted by Crippen LogP contribution is -2.33. The third-order valence-electron chi connectivity index (χ3n) is 2.14. The number of rotatable bonds is 2. The lowest BCUT2D eigenvalue weighted by molar-refractivity contribution is -0.158. The van der Waals surface area contributed by atoms with Crippen molar-refractivity contribution in [2.24, 2.45) is 7.05 Å². The van der Waals surface area contributed by atoms with E-state index in [0.29, 0.717) is 0 Å². The maximum absolute atomic E-state index is 11.7. The van der Waals surface area contributed by atoms with Gasteiger partial charge in [0.25, 0.3) is 0 Å². The molecule has 1 rings (SSSR count). The van der Waals surface area contributed by atoms with Crippen molar-refractivity contribution in [1.82, 2.24) is 9.13 Å². The molecule has 0 saturated carbocycles. The summed E-state index contributed by atoms with van der Waals surface area (Å²) in [7, 11) is 1.64. The van der Waals surface area contributed by atoms with Gasteiger partial charge in [0.2, 0.25) is 0 Å². The smallest absolute Gasteiger partial charge is 0.329 e. The van der Waals surface area contributed by atoms with Crippen LogP contribution in [0.1, 0.15) is 33.7 Å². The lowest BCUT2D eigenvalue weighted by atomic mass is 10.2. The molecule has 1 aromatic rings. The molecule has 0 spiro atoms. The Balaban J connectivity index is 2.87. The quantitative estimate of drug-likeness (QED) is 0.709. The highest BCUT2D eigenvalue weighted by molar-refractivity contribution is 5.74. The number of nitrogens with zero attached hydrogens (tertiary/aromatic N) is 2. The summed E-state index contributed by atoms with van der Waals surface area (Å²) in [5, 5.41) is 0. The van der Waals surface area contributed by atoms with Crippen molar-refractivity contribution in [2.45, 2.75) is 39.3 Å². The van der Waals surface area contributed by atoms with Crippen molar-refractivity contribution in [3.63, 3.8) is 0 Å². The molecule has 0 radical (unpaired) electrons. The summed E-state index contributed by atoms with van der Waals surface area (Å²) in [6.45, 7) is 7.04. The second-order valence-electron chi connectivity index (χ2n) is 4.81. The van der Waals surface area contributed by atoms with E-state index in [9.17, 15) is 9.59 Å². The minimum Gasteiger partial charge on any atom is -0.458 e. The van der Waals surface area contributed by atoms with Gasteiger partial charge < -0.3 is 9.30 Å². The highest BCUT2D eigenvalue weighted by Crippen LogP contribution is 2.13. The predicted molar refractivity (Wildman–Crippen MR) is 60.2 cm³/mol. The van der Waals surface area contributed by atoms with Crippen LogP contribution in [0, 0.1) is 0 Å². The molecule has 0 amide bonds. The molecular weight excluding hydrogens is 208 g/mol. The molecule has 0 bridgehead atoms. The molecule has 0 saturated heterocycles. The number of hydrogen-bond donors (Lipinski definition) is 0. The molecule has 1 unspecified atom stereocenters. The Morgan fingerprint density at radius 3 is 2.31 bits per heavy atom. The number of aryl methyl sites for hydroxylation is 1. The molecule has 0 fully saturated rings. The predicted octanol–water partition coefficient (Wildman–Crippen LogP) is 1.09. The molecule has 1 aromatic heterocycles. The topological polar surface area (TPSA) is 53.2 Å². The van der Waals surface area contributed by atoms with E-state index < -0.39 is 17.6 Å².